The zero-order valence-corrected chi connectivity index (χ0v) is 10.1. The molecule has 0 fully saturated rings. The van der Waals surface area contributed by atoms with E-state index < -0.39 is 0 Å². The maximum absolute atomic E-state index is 8.92. The van der Waals surface area contributed by atoms with Crippen molar-refractivity contribution in [3.8, 4) is 5.75 Å². The minimum absolute atomic E-state index is 0.368. The molecule has 0 aliphatic rings. The second-order valence-electron chi connectivity index (χ2n) is 3.76. The normalized spacial score (nSPS) is 9.00. The van der Waals surface area contributed by atoms with Crippen LogP contribution in [-0.4, -0.2) is 5.11 Å². The maximum Gasteiger partial charge on any atom is 0.118 e. The van der Waals surface area contributed by atoms with Gasteiger partial charge in [0.15, 0.2) is 0 Å². The third-order valence-electron chi connectivity index (χ3n) is 2.34. The van der Waals surface area contributed by atoms with Crippen LogP contribution in [-0.2, 0) is 6.42 Å². The first-order valence-electron chi connectivity index (χ1n) is 5.63. The molecule has 0 bridgehead atoms. The average molecular weight is 226 g/mol. The van der Waals surface area contributed by atoms with Gasteiger partial charge in [-0.25, -0.2) is 0 Å². The molecule has 88 valence electrons. The SMILES string of the molecule is C=CCc1ccccc1.Cc1ccccc1O. The number of rotatable bonds is 2. The number of benzene rings is 2. The predicted molar refractivity (Wildman–Crippen MR) is 73.2 cm³/mol. The molecule has 0 amide bonds. The minimum Gasteiger partial charge on any atom is -0.508 e. The van der Waals surface area contributed by atoms with Gasteiger partial charge in [0.05, 0.1) is 0 Å². The quantitative estimate of drug-likeness (QED) is 0.764. The molecule has 2 rings (SSSR count). The molecule has 1 nitrogen and oxygen atoms in total. The lowest BCUT2D eigenvalue weighted by atomic mass is 10.2. The fourth-order valence-electron chi connectivity index (χ4n) is 1.34. The number of phenolic OH excluding ortho intramolecular Hbond substituents is 1. The zero-order chi connectivity index (χ0) is 12.5. The number of phenols is 1. The molecule has 0 spiro atoms. The van der Waals surface area contributed by atoms with Gasteiger partial charge < -0.3 is 5.11 Å². The van der Waals surface area contributed by atoms with Gasteiger partial charge in [0.25, 0.3) is 0 Å². The topological polar surface area (TPSA) is 20.2 Å². The molecule has 2 aromatic carbocycles. The molecule has 1 N–H and O–H groups in total. The van der Waals surface area contributed by atoms with Crippen molar-refractivity contribution in [1.29, 1.82) is 0 Å². The van der Waals surface area contributed by atoms with Gasteiger partial charge in [-0.3, -0.25) is 0 Å². The van der Waals surface area contributed by atoms with Gasteiger partial charge in [0, 0.05) is 0 Å². The van der Waals surface area contributed by atoms with E-state index in [9.17, 15) is 0 Å². The number of aromatic hydroxyl groups is 1. The van der Waals surface area contributed by atoms with E-state index in [-0.39, 0.29) is 0 Å². The number of aryl methyl sites for hydroxylation is 1. The molecule has 0 aliphatic carbocycles. The summed E-state index contributed by atoms with van der Waals surface area (Å²) in [7, 11) is 0. The molecule has 0 radical (unpaired) electrons. The Balaban J connectivity index is 0.000000171. The van der Waals surface area contributed by atoms with Crippen LogP contribution in [0.25, 0.3) is 0 Å². The number of hydrogen-bond acceptors (Lipinski definition) is 1. The Morgan fingerprint density at radius 2 is 1.59 bits per heavy atom. The molecule has 0 saturated carbocycles. The van der Waals surface area contributed by atoms with E-state index in [1.807, 2.05) is 49.4 Å². The van der Waals surface area contributed by atoms with Gasteiger partial charge in [-0.05, 0) is 30.5 Å². The Morgan fingerprint density at radius 3 is 2.06 bits per heavy atom. The molecule has 0 unspecified atom stereocenters. The van der Waals surface area contributed by atoms with E-state index in [0.29, 0.717) is 5.75 Å². The van der Waals surface area contributed by atoms with Crippen molar-refractivity contribution >= 4 is 0 Å². The smallest absolute Gasteiger partial charge is 0.118 e. The first-order chi connectivity index (χ1) is 8.24. The number of allylic oxidation sites excluding steroid dienone is 1. The lowest BCUT2D eigenvalue weighted by Gasteiger charge is -1.92. The summed E-state index contributed by atoms with van der Waals surface area (Å²) in [4.78, 5) is 0. The first-order valence-corrected chi connectivity index (χ1v) is 5.63. The highest BCUT2D eigenvalue weighted by Gasteiger charge is 1.87. The fraction of sp³-hybridized carbons (Fsp3) is 0.125. The van der Waals surface area contributed by atoms with Crippen molar-refractivity contribution in [2.75, 3.05) is 0 Å². The van der Waals surface area contributed by atoms with Gasteiger partial charge >= 0.3 is 0 Å². The van der Waals surface area contributed by atoms with Crippen molar-refractivity contribution in [3.63, 3.8) is 0 Å². The highest BCUT2D eigenvalue weighted by atomic mass is 16.3. The largest absolute Gasteiger partial charge is 0.508 e. The van der Waals surface area contributed by atoms with Crippen LogP contribution < -0.4 is 0 Å². The van der Waals surface area contributed by atoms with Crippen LogP contribution in [0.15, 0.2) is 67.3 Å². The molecule has 0 aliphatic heterocycles. The van der Waals surface area contributed by atoms with Crippen LogP contribution in [0.4, 0.5) is 0 Å². The number of hydrogen-bond donors (Lipinski definition) is 1. The Labute approximate surface area is 103 Å². The summed E-state index contributed by atoms with van der Waals surface area (Å²) in [5, 5.41) is 8.92. The average Bonchev–Trinajstić information content (AvgIpc) is 2.36. The molecule has 0 atom stereocenters. The second kappa shape index (κ2) is 7.29. The molecule has 17 heavy (non-hydrogen) atoms. The fourth-order valence-corrected chi connectivity index (χ4v) is 1.34. The van der Waals surface area contributed by atoms with E-state index in [1.54, 1.807) is 6.07 Å². The van der Waals surface area contributed by atoms with Crippen LogP contribution in [0.2, 0.25) is 0 Å². The van der Waals surface area contributed by atoms with Crippen LogP contribution in [0.1, 0.15) is 11.1 Å². The van der Waals surface area contributed by atoms with E-state index in [1.165, 1.54) is 5.56 Å². The summed E-state index contributed by atoms with van der Waals surface area (Å²) in [5.41, 5.74) is 2.25. The third-order valence-corrected chi connectivity index (χ3v) is 2.34. The van der Waals surface area contributed by atoms with E-state index in [4.69, 9.17) is 5.11 Å². The van der Waals surface area contributed by atoms with Gasteiger partial charge in [-0.15, -0.1) is 6.58 Å². The molecule has 0 aromatic heterocycles. The maximum atomic E-state index is 8.92. The van der Waals surface area contributed by atoms with Crippen molar-refractivity contribution in [1.82, 2.24) is 0 Å². The Bertz CT molecular complexity index is 425. The molecule has 1 heteroatoms. The van der Waals surface area contributed by atoms with E-state index in [2.05, 4.69) is 18.7 Å². The summed E-state index contributed by atoms with van der Waals surface area (Å²) < 4.78 is 0. The lowest BCUT2D eigenvalue weighted by molar-refractivity contribution is 0.471. The van der Waals surface area contributed by atoms with Gasteiger partial charge in [-0.1, -0.05) is 54.6 Å². The zero-order valence-electron chi connectivity index (χ0n) is 10.1. The molecule has 2 aromatic rings. The summed E-state index contributed by atoms with van der Waals surface area (Å²) >= 11 is 0. The molecular formula is C16H18O. The molecule has 0 heterocycles. The van der Waals surface area contributed by atoms with Crippen molar-refractivity contribution < 1.29 is 5.11 Å². The summed E-state index contributed by atoms with van der Waals surface area (Å²) in [6.07, 6.45) is 2.89. The van der Waals surface area contributed by atoms with Crippen molar-refractivity contribution in [2.24, 2.45) is 0 Å². The van der Waals surface area contributed by atoms with Crippen LogP contribution >= 0.6 is 0 Å². The van der Waals surface area contributed by atoms with Gasteiger partial charge in [-0.2, -0.15) is 0 Å². The van der Waals surface area contributed by atoms with Crippen LogP contribution in [0.5, 0.6) is 5.75 Å². The molecule has 0 saturated heterocycles. The Morgan fingerprint density at radius 1 is 1.00 bits per heavy atom. The monoisotopic (exact) mass is 226 g/mol. The Hall–Kier alpha value is -2.02. The lowest BCUT2D eigenvalue weighted by Crippen LogP contribution is -1.75. The third kappa shape index (κ3) is 5.03. The summed E-state index contributed by atoms with van der Waals surface area (Å²) in [6.45, 7) is 5.53. The number of para-hydroxylation sites is 1. The predicted octanol–water partition coefficient (Wildman–Crippen LogP) is 4.12. The summed E-state index contributed by atoms with van der Waals surface area (Å²) in [5.74, 6) is 0.368. The molecular weight excluding hydrogens is 208 g/mol. The highest BCUT2D eigenvalue weighted by Crippen LogP contribution is 2.12. The van der Waals surface area contributed by atoms with E-state index in [0.717, 1.165) is 12.0 Å². The van der Waals surface area contributed by atoms with Gasteiger partial charge in [0.1, 0.15) is 5.75 Å². The Kier molecular flexibility index (Phi) is 5.59. The van der Waals surface area contributed by atoms with Gasteiger partial charge in [0.2, 0.25) is 0 Å². The van der Waals surface area contributed by atoms with Crippen LogP contribution in [0.3, 0.4) is 0 Å². The van der Waals surface area contributed by atoms with Crippen molar-refractivity contribution in [2.45, 2.75) is 13.3 Å². The highest BCUT2D eigenvalue weighted by molar-refractivity contribution is 5.29. The van der Waals surface area contributed by atoms with Crippen molar-refractivity contribution in [3.05, 3.63) is 78.4 Å². The standard InChI is InChI=1S/C9H10.C7H8O/c1-2-6-9-7-4-3-5-8-9;1-6-4-2-3-5-7(6)8/h2-5,7-8H,1,6H2;2-5,8H,1H3. The second-order valence-corrected chi connectivity index (χ2v) is 3.76. The summed E-state index contributed by atoms with van der Waals surface area (Å²) in [6, 6.07) is 17.6. The minimum atomic E-state index is 0.368. The van der Waals surface area contributed by atoms with Crippen LogP contribution in [0, 0.1) is 6.92 Å². The van der Waals surface area contributed by atoms with E-state index >= 15 is 0 Å². The first kappa shape index (κ1) is 13.0.